The Morgan fingerprint density at radius 2 is 2.00 bits per heavy atom. The van der Waals surface area contributed by atoms with Crippen molar-refractivity contribution in [2.24, 2.45) is 0 Å². The van der Waals surface area contributed by atoms with E-state index in [1.807, 2.05) is 0 Å². The molecular formula is C17H23NO5. The zero-order valence-corrected chi connectivity index (χ0v) is 14.0. The molecule has 0 aliphatic carbocycles. The maximum absolute atomic E-state index is 12.5. The third-order valence-electron chi connectivity index (χ3n) is 3.51. The predicted octanol–water partition coefficient (Wildman–Crippen LogP) is 2.62. The molecule has 0 radical (unpaired) electrons. The summed E-state index contributed by atoms with van der Waals surface area (Å²) in [6.07, 6.45) is -0.224. The minimum Gasteiger partial charge on any atom is -0.508 e. The highest BCUT2D eigenvalue weighted by Crippen LogP contribution is 2.28. The maximum Gasteiger partial charge on any atom is 0.411 e. The van der Waals surface area contributed by atoms with Crippen LogP contribution in [0.15, 0.2) is 18.2 Å². The topological polar surface area (TPSA) is 76.1 Å². The van der Waals surface area contributed by atoms with Crippen LogP contribution >= 0.6 is 0 Å². The number of amides is 1. The number of carbonyl (C=O) groups is 2. The highest BCUT2D eigenvalue weighted by atomic mass is 16.6. The lowest BCUT2D eigenvalue weighted by atomic mass is 9.94. The molecule has 0 unspecified atom stereocenters. The molecule has 0 spiro atoms. The van der Waals surface area contributed by atoms with Gasteiger partial charge in [-0.25, -0.2) is 9.59 Å². The average molecular weight is 321 g/mol. The lowest BCUT2D eigenvalue weighted by molar-refractivity contribution is -0.150. The first-order chi connectivity index (χ1) is 10.7. The van der Waals surface area contributed by atoms with Gasteiger partial charge < -0.3 is 14.6 Å². The molecule has 23 heavy (non-hydrogen) atoms. The van der Waals surface area contributed by atoms with E-state index in [0.29, 0.717) is 6.42 Å². The number of ether oxygens (including phenoxy) is 2. The van der Waals surface area contributed by atoms with E-state index >= 15 is 0 Å². The fraction of sp³-hybridized carbons (Fsp3) is 0.529. The molecule has 6 heteroatoms. The van der Waals surface area contributed by atoms with Crippen LogP contribution in [-0.2, 0) is 27.2 Å². The van der Waals surface area contributed by atoms with E-state index in [2.05, 4.69) is 0 Å². The van der Waals surface area contributed by atoms with E-state index in [4.69, 9.17) is 9.47 Å². The number of aromatic hydroxyl groups is 1. The van der Waals surface area contributed by atoms with E-state index in [0.717, 1.165) is 11.1 Å². The minimum absolute atomic E-state index is 0.127. The molecule has 0 bridgehead atoms. The third kappa shape index (κ3) is 4.15. The van der Waals surface area contributed by atoms with Crippen LogP contribution in [0.4, 0.5) is 4.79 Å². The summed E-state index contributed by atoms with van der Waals surface area (Å²) in [5.41, 5.74) is 1.06. The second-order valence-electron chi connectivity index (χ2n) is 6.53. The Bertz CT molecular complexity index is 605. The number of phenolic OH excluding ortho intramolecular Hbond substituents is 1. The van der Waals surface area contributed by atoms with Crippen molar-refractivity contribution in [1.82, 2.24) is 4.90 Å². The molecule has 6 nitrogen and oxygen atoms in total. The van der Waals surface area contributed by atoms with Crippen LogP contribution in [0.25, 0.3) is 0 Å². The minimum atomic E-state index is -0.721. The third-order valence-corrected chi connectivity index (χ3v) is 3.51. The Balaban J connectivity index is 2.31. The average Bonchev–Trinajstić information content (AvgIpc) is 2.44. The van der Waals surface area contributed by atoms with Crippen LogP contribution < -0.4 is 0 Å². The summed E-state index contributed by atoms with van der Waals surface area (Å²) >= 11 is 0. The predicted molar refractivity (Wildman–Crippen MR) is 84.0 cm³/mol. The van der Waals surface area contributed by atoms with Crippen LogP contribution in [0.3, 0.4) is 0 Å². The Morgan fingerprint density at radius 3 is 2.61 bits per heavy atom. The molecule has 1 heterocycles. The molecule has 0 saturated carbocycles. The van der Waals surface area contributed by atoms with Crippen LogP contribution in [0.1, 0.15) is 38.8 Å². The van der Waals surface area contributed by atoms with Gasteiger partial charge in [-0.1, -0.05) is 6.07 Å². The van der Waals surface area contributed by atoms with Gasteiger partial charge in [0, 0.05) is 6.42 Å². The first kappa shape index (κ1) is 17.1. The van der Waals surface area contributed by atoms with Crippen molar-refractivity contribution in [3.05, 3.63) is 29.3 Å². The molecule has 1 aromatic rings. The molecule has 0 saturated heterocycles. The van der Waals surface area contributed by atoms with Crippen LogP contribution in [0.2, 0.25) is 0 Å². The lowest BCUT2D eigenvalue weighted by Crippen LogP contribution is -2.50. The maximum atomic E-state index is 12.5. The second kappa shape index (κ2) is 6.48. The van der Waals surface area contributed by atoms with Gasteiger partial charge in [0.15, 0.2) is 0 Å². The fourth-order valence-corrected chi connectivity index (χ4v) is 2.53. The molecule has 1 aromatic carbocycles. The Labute approximate surface area is 136 Å². The van der Waals surface area contributed by atoms with Crippen molar-refractivity contribution >= 4 is 12.1 Å². The Hall–Kier alpha value is -2.24. The van der Waals surface area contributed by atoms with E-state index in [1.165, 1.54) is 4.90 Å². The van der Waals surface area contributed by atoms with Gasteiger partial charge in [0.2, 0.25) is 0 Å². The lowest BCUT2D eigenvalue weighted by Gasteiger charge is -2.36. The van der Waals surface area contributed by atoms with Crippen LogP contribution in [0, 0.1) is 0 Å². The van der Waals surface area contributed by atoms with Gasteiger partial charge in [0.05, 0.1) is 13.2 Å². The van der Waals surface area contributed by atoms with Gasteiger partial charge in [0.1, 0.15) is 17.4 Å². The van der Waals surface area contributed by atoms with Crippen molar-refractivity contribution in [2.75, 3.05) is 6.61 Å². The highest BCUT2D eigenvalue weighted by Gasteiger charge is 2.37. The molecule has 1 atom stereocenters. The summed E-state index contributed by atoms with van der Waals surface area (Å²) in [4.78, 5) is 26.1. The van der Waals surface area contributed by atoms with E-state index in [-0.39, 0.29) is 18.9 Å². The summed E-state index contributed by atoms with van der Waals surface area (Å²) in [6.45, 7) is 7.49. The number of carbonyl (C=O) groups excluding carboxylic acids is 2. The number of hydrogen-bond acceptors (Lipinski definition) is 5. The Morgan fingerprint density at radius 1 is 1.30 bits per heavy atom. The zero-order valence-electron chi connectivity index (χ0n) is 14.0. The molecule has 1 amide bonds. The number of esters is 1. The van der Waals surface area contributed by atoms with Gasteiger partial charge in [-0.3, -0.25) is 4.90 Å². The summed E-state index contributed by atoms with van der Waals surface area (Å²) in [7, 11) is 0. The number of nitrogens with zero attached hydrogens (tertiary/aromatic N) is 1. The number of benzene rings is 1. The first-order valence-corrected chi connectivity index (χ1v) is 7.68. The number of phenols is 1. The largest absolute Gasteiger partial charge is 0.508 e. The number of rotatable bonds is 2. The standard InChI is InChI=1S/C17H23NO5/c1-5-22-15(20)14-9-11-6-7-13(19)8-12(11)10-18(14)16(21)23-17(2,3)4/h6-8,14,19H,5,9-10H2,1-4H3/t14-/m0/s1. The quantitative estimate of drug-likeness (QED) is 0.847. The fourth-order valence-electron chi connectivity index (χ4n) is 2.53. The zero-order chi connectivity index (χ0) is 17.2. The second-order valence-corrected chi connectivity index (χ2v) is 6.53. The van der Waals surface area contributed by atoms with Crippen LogP contribution in [-0.4, -0.2) is 40.3 Å². The highest BCUT2D eigenvalue weighted by molar-refractivity contribution is 5.82. The molecule has 0 aromatic heterocycles. The monoisotopic (exact) mass is 321 g/mol. The summed E-state index contributed by atoms with van der Waals surface area (Å²) in [6, 6.07) is 4.23. The first-order valence-electron chi connectivity index (χ1n) is 7.68. The van der Waals surface area contributed by atoms with Crippen molar-refractivity contribution in [2.45, 2.75) is 52.3 Å². The van der Waals surface area contributed by atoms with E-state index in [1.54, 1.807) is 45.9 Å². The normalized spacial score (nSPS) is 17.4. The molecule has 126 valence electrons. The van der Waals surface area contributed by atoms with Crippen molar-refractivity contribution < 1.29 is 24.2 Å². The van der Waals surface area contributed by atoms with Crippen LogP contribution in [0.5, 0.6) is 5.75 Å². The number of fused-ring (bicyclic) bond motifs is 1. The van der Waals surface area contributed by atoms with Gasteiger partial charge in [0.25, 0.3) is 0 Å². The van der Waals surface area contributed by atoms with Crippen molar-refractivity contribution in [3.8, 4) is 5.75 Å². The van der Waals surface area contributed by atoms with E-state index in [9.17, 15) is 14.7 Å². The smallest absolute Gasteiger partial charge is 0.411 e. The molecule has 0 fully saturated rings. The molecule has 1 N–H and O–H groups in total. The van der Waals surface area contributed by atoms with E-state index < -0.39 is 23.7 Å². The van der Waals surface area contributed by atoms with Gasteiger partial charge in [-0.05, 0) is 51.0 Å². The summed E-state index contributed by atoms with van der Waals surface area (Å²) < 4.78 is 10.5. The van der Waals surface area contributed by atoms with Gasteiger partial charge >= 0.3 is 12.1 Å². The van der Waals surface area contributed by atoms with Gasteiger partial charge in [-0.15, -0.1) is 0 Å². The Kier molecular flexibility index (Phi) is 4.82. The molecule has 1 aliphatic heterocycles. The van der Waals surface area contributed by atoms with Crippen molar-refractivity contribution in [3.63, 3.8) is 0 Å². The SMILES string of the molecule is CCOC(=O)[C@@H]1Cc2ccc(O)cc2CN1C(=O)OC(C)(C)C. The molecular weight excluding hydrogens is 298 g/mol. The van der Waals surface area contributed by atoms with Gasteiger partial charge in [-0.2, -0.15) is 0 Å². The summed E-state index contributed by atoms with van der Waals surface area (Å²) in [5, 5.41) is 9.63. The van der Waals surface area contributed by atoms with Crippen molar-refractivity contribution in [1.29, 1.82) is 0 Å². The molecule has 1 aliphatic rings. The number of hydrogen-bond donors (Lipinski definition) is 1. The molecule has 2 rings (SSSR count). The summed E-state index contributed by atoms with van der Waals surface area (Å²) in [5.74, 6) is -0.320.